The predicted molar refractivity (Wildman–Crippen MR) is 50.9 cm³/mol. The van der Waals surface area contributed by atoms with Gasteiger partial charge in [0.05, 0.1) is 17.5 Å². The van der Waals surface area contributed by atoms with Crippen LogP contribution in [0, 0.1) is 0 Å². The molecule has 0 aliphatic carbocycles. The molecule has 2 atom stereocenters. The quantitative estimate of drug-likeness (QED) is 0.809. The van der Waals surface area contributed by atoms with Crippen LogP contribution in [0.4, 0.5) is 13.2 Å². The molecule has 0 radical (unpaired) electrons. The summed E-state index contributed by atoms with van der Waals surface area (Å²) < 4.78 is 37.6. The highest BCUT2D eigenvalue weighted by Gasteiger charge is 2.36. The third-order valence-electron chi connectivity index (χ3n) is 2.00. The van der Waals surface area contributed by atoms with E-state index in [-0.39, 0.29) is 5.88 Å². The number of hydrogen-bond acceptors (Lipinski definition) is 3. The van der Waals surface area contributed by atoms with E-state index in [9.17, 15) is 23.4 Å². The second-order valence-corrected chi connectivity index (χ2v) is 3.44. The monoisotopic (exact) mass is 255 g/mol. The molecule has 0 saturated heterocycles. The van der Waals surface area contributed by atoms with Crippen LogP contribution in [0.2, 0.25) is 0 Å². The first-order valence-electron chi connectivity index (χ1n) is 4.31. The highest BCUT2D eigenvalue weighted by molar-refractivity contribution is 6.18. The molecule has 7 heteroatoms. The fraction of sp³-hybridized carbons (Fsp3) is 0.444. The molecule has 0 spiro atoms. The van der Waals surface area contributed by atoms with E-state index in [0.717, 1.165) is 18.5 Å². The Bertz CT molecular complexity index is 359. The summed E-state index contributed by atoms with van der Waals surface area (Å²) in [5, 5.41) is 18.7. The van der Waals surface area contributed by atoms with Crippen molar-refractivity contribution in [3.05, 3.63) is 29.6 Å². The van der Waals surface area contributed by atoms with Gasteiger partial charge in [0.15, 0.2) is 0 Å². The largest absolute Gasteiger partial charge is 0.416 e. The minimum absolute atomic E-state index is 0.368. The van der Waals surface area contributed by atoms with Gasteiger partial charge in [0.2, 0.25) is 0 Å². The van der Waals surface area contributed by atoms with Crippen molar-refractivity contribution in [3.8, 4) is 0 Å². The Morgan fingerprint density at radius 3 is 2.50 bits per heavy atom. The van der Waals surface area contributed by atoms with Gasteiger partial charge in [-0.3, -0.25) is 4.98 Å². The van der Waals surface area contributed by atoms with Gasteiger partial charge in [0.1, 0.15) is 6.10 Å². The third kappa shape index (κ3) is 2.84. The van der Waals surface area contributed by atoms with Crippen LogP contribution in [0.1, 0.15) is 17.2 Å². The standard InChI is InChI=1S/C9H9ClF3NO2/c10-3-7(15)8(16)5-4-14-2-1-6(5)9(11,12)13/h1-2,4,7-8,15-16H,3H2. The Kier molecular flexibility index (Phi) is 4.12. The number of alkyl halides is 4. The molecule has 90 valence electrons. The molecule has 1 aromatic heterocycles. The van der Waals surface area contributed by atoms with Crippen LogP contribution in [-0.2, 0) is 6.18 Å². The van der Waals surface area contributed by atoms with Crippen LogP contribution in [0.15, 0.2) is 18.5 Å². The van der Waals surface area contributed by atoms with Crippen LogP contribution < -0.4 is 0 Å². The van der Waals surface area contributed by atoms with Crippen molar-refractivity contribution in [1.82, 2.24) is 4.98 Å². The Balaban J connectivity index is 3.13. The summed E-state index contributed by atoms with van der Waals surface area (Å²) >= 11 is 5.25. The van der Waals surface area contributed by atoms with Crippen LogP contribution in [0.25, 0.3) is 0 Å². The number of nitrogens with zero attached hydrogens (tertiary/aromatic N) is 1. The van der Waals surface area contributed by atoms with E-state index in [1.165, 1.54) is 0 Å². The number of pyridine rings is 1. The van der Waals surface area contributed by atoms with Crippen LogP contribution in [-0.4, -0.2) is 27.2 Å². The summed E-state index contributed by atoms with van der Waals surface area (Å²) in [5.41, 5.74) is -1.51. The van der Waals surface area contributed by atoms with Crippen LogP contribution in [0.5, 0.6) is 0 Å². The summed E-state index contributed by atoms with van der Waals surface area (Å²) in [6, 6.07) is 0.736. The topological polar surface area (TPSA) is 53.4 Å². The molecule has 3 nitrogen and oxygen atoms in total. The van der Waals surface area contributed by atoms with Crippen molar-refractivity contribution in [3.63, 3.8) is 0 Å². The van der Waals surface area contributed by atoms with E-state index in [2.05, 4.69) is 4.98 Å². The molecule has 1 rings (SSSR count). The van der Waals surface area contributed by atoms with E-state index < -0.39 is 29.5 Å². The molecule has 0 fully saturated rings. The van der Waals surface area contributed by atoms with Gasteiger partial charge < -0.3 is 10.2 Å². The van der Waals surface area contributed by atoms with E-state index >= 15 is 0 Å². The summed E-state index contributed by atoms with van der Waals surface area (Å²) in [4.78, 5) is 3.48. The van der Waals surface area contributed by atoms with Crippen molar-refractivity contribution in [2.75, 3.05) is 5.88 Å². The lowest BCUT2D eigenvalue weighted by Gasteiger charge is -2.19. The molecule has 1 heterocycles. The van der Waals surface area contributed by atoms with Gasteiger partial charge in [-0.05, 0) is 6.07 Å². The van der Waals surface area contributed by atoms with Crippen molar-refractivity contribution < 1.29 is 23.4 Å². The van der Waals surface area contributed by atoms with E-state index in [4.69, 9.17) is 11.6 Å². The Hall–Kier alpha value is -0.850. The fourth-order valence-electron chi connectivity index (χ4n) is 1.19. The number of aromatic nitrogens is 1. The zero-order valence-corrected chi connectivity index (χ0v) is 8.70. The van der Waals surface area contributed by atoms with Gasteiger partial charge in [-0.25, -0.2) is 0 Å². The lowest BCUT2D eigenvalue weighted by atomic mass is 10.0. The second-order valence-electron chi connectivity index (χ2n) is 3.13. The molecule has 0 bridgehead atoms. The fourth-order valence-corrected chi connectivity index (χ4v) is 1.36. The smallest absolute Gasteiger partial charge is 0.389 e. The summed E-state index contributed by atoms with van der Waals surface area (Å²) in [6.07, 6.45) is -5.95. The molecule has 0 aliphatic heterocycles. The van der Waals surface area contributed by atoms with Gasteiger partial charge in [0.25, 0.3) is 0 Å². The molecular weight excluding hydrogens is 247 g/mol. The first-order valence-corrected chi connectivity index (χ1v) is 4.84. The average Bonchev–Trinajstić information content (AvgIpc) is 2.26. The summed E-state index contributed by atoms with van der Waals surface area (Å²) in [5.74, 6) is -0.368. The lowest BCUT2D eigenvalue weighted by Crippen LogP contribution is -2.23. The van der Waals surface area contributed by atoms with Gasteiger partial charge in [-0.1, -0.05) is 0 Å². The third-order valence-corrected chi connectivity index (χ3v) is 2.31. The average molecular weight is 256 g/mol. The molecule has 1 aromatic rings. The maximum atomic E-state index is 12.5. The molecule has 2 N–H and O–H groups in total. The van der Waals surface area contributed by atoms with E-state index in [1.54, 1.807) is 0 Å². The van der Waals surface area contributed by atoms with E-state index in [0.29, 0.717) is 0 Å². The molecule has 0 amide bonds. The van der Waals surface area contributed by atoms with Gasteiger partial charge in [0, 0.05) is 18.0 Å². The normalized spacial score (nSPS) is 15.9. The molecule has 16 heavy (non-hydrogen) atoms. The number of halogens is 4. The Morgan fingerprint density at radius 1 is 1.38 bits per heavy atom. The Morgan fingerprint density at radius 2 is 2.00 bits per heavy atom. The second kappa shape index (κ2) is 4.99. The van der Waals surface area contributed by atoms with Crippen LogP contribution in [0.3, 0.4) is 0 Å². The minimum Gasteiger partial charge on any atom is -0.389 e. The highest BCUT2D eigenvalue weighted by Crippen LogP contribution is 2.34. The molecular formula is C9H9ClF3NO2. The first kappa shape index (κ1) is 13.2. The zero-order valence-electron chi connectivity index (χ0n) is 7.95. The highest BCUT2D eigenvalue weighted by atomic mass is 35.5. The van der Waals surface area contributed by atoms with Crippen LogP contribution >= 0.6 is 11.6 Å². The molecule has 0 saturated carbocycles. The summed E-state index contributed by atoms with van der Waals surface area (Å²) in [6.45, 7) is 0. The van der Waals surface area contributed by atoms with E-state index in [1.807, 2.05) is 0 Å². The molecule has 0 aromatic carbocycles. The maximum Gasteiger partial charge on any atom is 0.416 e. The number of hydrogen-bond donors (Lipinski definition) is 2. The van der Waals surface area contributed by atoms with Gasteiger partial charge >= 0.3 is 6.18 Å². The number of aliphatic hydroxyl groups is 2. The zero-order chi connectivity index (χ0) is 12.3. The van der Waals surface area contributed by atoms with Crippen molar-refractivity contribution in [1.29, 1.82) is 0 Å². The predicted octanol–water partition coefficient (Wildman–Crippen LogP) is 1.73. The summed E-state index contributed by atoms with van der Waals surface area (Å²) in [7, 11) is 0. The van der Waals surface area contributed by atoms with Crippen molar-refractivity contribution in [2.45, 2.75) is 18.4 Å². The van der Waals surface area contributed by atoms with Crippen molar-refractivity contribution in [2.24, 2.45) is 0 Å². The first-order chi connectivity index (χ1) is 7.38. The number of aliphatic hydroxyl groups excluding tert-OH is 2. The number of rotatable bonds is 3. The van der Waals surface area contributed by atoms with Crippen molar-refractivity contribution >= 4 is 11.6 Å². The SMILES string of the molecule is OC(CCl)C(O)c1cnccc1C(F)(F)F. The minimum atomic E-state index is -4.61. The Labute approximate surface area is 94.5 Å². The van der Waals surface area contributed by atoms with Gasteiger partial charge in [-0.2, -0.15) is 13.2 Å². The van der Waals surface area contributed by atoms with Gasteiger partial charge in [-0.15, -0.1) is 11.6 Å². The lowest BCUT2D eigenvalue weighted by molar-refractivity contribution is -0.139. The molecule has 2 unspecified atom stereocenters. The molecule has 0 aliphatic rings. The maximum absolute atomic E-state index is 12.5.